The molecule has 1 aromatic heterocycles. The van der Waals surface area contributed by atoms with Crippen LogP contribution in [0.2, 0.25) is 10.0 Å². The zero-order valence-corrected chi connectivity index (χ0v) is 13.3. The molecular weight excluding hydrogens is 319 g/mol. The van der Waals surface area contributed by atoms with E-state index in [-0.39, 0.29) is 5.78 Å². The van der Waals surface area contributed by atoms with Crippen LogP contribution in [0.1, 0.15) is 21.6 Å². The minimum absolute atomic E-state index is 0.172. The maximum Gasteiger partial charge on any atom is 0.196 e. The fourth-order valence-electron chi connectivity index (χ4n) is 2.26. The van der Waals surface area contributed by atoms with Crippen molar-refractivity contribution in [2.45, 2.75) is 6.92 Å². The van der Waals surface area contributed by atoms with Gasteiger partial charge in [-0.3, -0.25) is 4.79 Å². The summed E-state index contributed by atoms with van der Waals surface area (Å²) >= 11 is 12.2. The molecule has 5 heteroatoms. The number of hydrogen-bond donors (Lipinski definition) is 0. The Balaban J connectivity index is 2.16. The van der Waals surface area contributed by atoms with Gasteiger partial charge >= 0.3 is 0 Å². The number of imidazole rings is 1. The van der Waals surface area contributed by atoms with Gasteiger partial charge in [0.05, 0.1) is 22.7 Å². The second-order valence-electron chi connectivity index (χ2n) is 4.89. The van der Waals surface area contributed by atoms with E-state index in [1.165, 1.54) is 0 Å². The summed E-state index contributed by atoms with van der Waals surface area (Å²) in [6.07, 6.45) is 3.52. The van der Waals surface area contributed by atoms with Crippen molar-refractivity contribution in [2.24, 2.45) is 0 Å². The molecule has 110 valence electrons. The molecule has 0 spiro atoms. The van der Waals surface area contributed by atoms with Gasteiger partial charge in [0.1, 0.15) is 0 Å². The summed E-state index contributed by atoms with van der Waals surface area (Å²) in [5.74, 6) is -0.172. The predicted molar refractivity (Wildman–Crippen MR) is 88.2 cm³/mol. The number of carbonyl (C=O) groups is 1. The van der Waals surface area contributed by atoms with Gasteiger partial charge in [-0.1, -0.05) is 35.3 Å². The highest BCUT2D eigenvalue weighted by molar-refractivity contribution is 6.35. The van der Waals surface area contributed by atoms with Gasteiger partial charge in [-0.25, -0.2) is 4.98 Å². The van der Waals surface area contributed by atoms with E-state index in [0.717, 1.165) is 11.4 Å². The molecule has 0 aliphatic rings. The Bertz CT molecular complexity index is 855. The lowest BCUT2D eigenvalue weighted by atomic mass is 10.0. The molecule has 1 heterocycles. The van der Waals surface area contributed by atoms with Gasteiger partial charge in [0.25, 0.3) is 0 Å². The van der Waals surface area contributed by atoms with Crippen LogP contribution in [0.25, 0.3) is 5.69 Å². The lowest BCUT2D eigenvalue weighted by Gasteiger charge is -2.11. The van der Waals surface area contributed by atoms with Gasteiger partial charge in [-0.05, 0) is 37.3 Å². The van der Waals surface area contributed by atoms with Crippen LogP contribution in [0.5, 0.6) is 0 Å². The number of aryl methyl sites for hydroxylation is 1. The second-order valence-corrected chi connectivity index (χ2v) is 5.74. The van der Waals surface area contributed by atoms with Crippen LogP contribution in [-0.4, -0.2) is 15.3 Å². The third kappa shape index (κ3) is 2.78. The molecule has 0 bridgehead atoms. The van der Waals surface area contributed by atoms with Crippen molar-refractivity contribution in [3.05, 3.63) is 81.9 Å². The summed E-state index contributed by atoms with van der Waals surface area (Å²) in [4.78, 5) is 17.0. The fraction of sp³-hybridized carbons (Fsp3) is 0.0588. The maximum absolute atomic E-state index is 12.8. The highest BCUT2D eigenvalue weighted by Crippen LogP contribution is 2.25. The van der Waals surface area contributed by atoms with Gasteiger partial charge in [-0.2, -0.15) is 0 Å². The Morgan fingerprint density at radius 2 is 1.86 bits per heavy atom. The Hall–Kier alpha value is -2.10. The number of halogens is 2. The average Bonchev–Trinajstić information content (AvgIpc) is 2.93. The molecule has 0 aliphatic heterocycles. The molecule has 0 saturated heterocycles. The third-order valence-corrected chi connectivity index (χ3v) is 3.88. The molecule has 3 nitrogen and oxygen atoms in total. The quantitative estimate of drug-likeness (QED) is 0.651. The van der Waals surface area contributed by atoms with Crippen molar-refractivity contribution < 1.29 is 4.79 Å². The number of benzene rings is 2. The maximum atomic E-state index is 12.8. The van der Waals surface area contributed by atoms with Crippen LogP contribution in [0.4, 0.5) is 0 Å². The van der Waals surface area contributed by atoms with Crippen molar-refractivity contribution >= 4 is 29.0 Å². The normalized spacial score (nSPS) is 10.7. The zero-order valence-electron chi connectivity index (χ0n) is 11.8. The predicted octanol–water partition coefficient (Wildman–Crippen LogP) is 4.72. The molecule has 0 N–H and O–H groups in total. The van der Waals surface area contributed by atoms with E-state index in [1.54, 1.807) is 53.4 Å². The minimum atomic E-state index is -0.172. The number of aromatic nitrogens is 2. The summed E-state index contributed by atoms with van der Waals surface area (Å²) in [5, 5.41) is 0.913. The number of ketones is 1. The minimum Gasteiger partial charge on any atom is -0.305 e. The molecule has 3 aromatic rings. The highest BCUT2D eigenvalue weighted by Gasteiger charge is 2.17. The fourth-order valence-corrected chi connectivity index (χ4v) is 2.65. The van der Waals surface area contributed by atoms with Crippen LogP contribution in [0.15, 0.2) is 55.0 Å². The number of rotatable bonds is 3. The summed E-state index contributed by atoms with van der Waals surface area (Å²) in [5.41, 5.74) is 2.52. The molecule has 0 atom stereocenters. The lowest BCUT2D eigenvalue weighted by molar-refractivity contribution is 0.103. The van der Waals surface area contributed by atoms with E-state index in [2.05, 4.69) is 4.98 Å². The van der Waals surface area contributed by atoms with E-state index in [9.17, 15) is 4.79 Å². The first-order chi connectivity index (χ1) is 10.6. The van der Waals surface area contributed by atoms with Crippen LogP contribution in [0.3, 0.4) is 0 Å². The Morgan fingerprint density at radius 1 is 1.09 bits per heavy atom. The first kappa shape index (κ1) is 14.8. The van der Waals surface area contributed by atoms with Gasteiger partial charge in [0.2, 0.25) is 0 Å². The summed E-state index contributed by atoms with van der Waals surface area (Å²) < 4.78 is 1.80. The molecule has 22 heavy (non-hydrogen) atoms. The van der Waals surface area contributed by atoms with Gasteiger partial charge in [0.15, 0.2) is 5.78 Å². The molecular formula is C17H12Cl2N2O. The second kappa shape index (κ2) is 5.95. The summed E-state index contributed by atoms with van der Waals surface area (Å²) in [7, 11) is 0. The average molecular weight is 331 g/mol. The van der Waals surface area contributed by atoms with E-state index in [0.29, 0.717) is 21.2 Å². The van der Waals surface area contributed by atoms with Crippen molar-refractivity contribution in [3.8, 4) is 5.69 Å². The smallest absolute Gasteiger partial charge is 0.196 e. The summed E-state index contributed by atoms with van der Waals surface area (Å²) in [6, 6.07) is 12.2. The molecule has 0 saturated carbocycles. The molecule has 0 fully saturated rings. The molecule has 2 aromatic carbocycles. The highest BCUT2D eigenvalue weighted by atomic mass is 35.5. The van der Waals surface area contributed by atoms with Crippen LogP contribution < -0.4 is 0 Å². The first-order valence-electron chi connectivity index (χ1n) is 6.66. The number of nitrogens with zero attached hydrogens (tertiary/aromatic N) is 2. The molecule has 0 amide bonds. The van der Waals surface area contributed by atoms with Crippen molar-refractivity contribution in [2.75, 3.05) is 0 Å². The van der Waals surface area contributed by atoms with Crippen LogP contribution in [0, 0.1) is 6.92 Å². The Morgan fingerprint density at radius 3 is 2.55 bits per heavy atom. The van der Waals surface area contributed by atoms with Gasteiger partial charge in [0, 0.05) is 22.3 Å². The van der Waals surface area contributed by atoms with Crippen LogP contribution in [-0.2, 0) is 0 Å². The molecule has 3 rings (SSSR count). The zero-order chi connectivity index (χ0) is 15.7. The Kier molecular flexibility index (Phi) is 4.01. The van der Waals surface area contributed by atoms with Crippen molar-refractivity contribution in [1.82, 2.24) is 9.55 Å². The van der Waals surface area contributed by atoms with E-state index < -0.39 is 0 Å². The van der Waals surface area contributed by atoms with Gasteiger partial charge < -0.3 is 4.57 Å². The standard InChI is InChI=1S/C17H12Cl2N2O/c1-11-9-21(10-20-11)16-7-6-12(18)8-14(16)17(22)13-4-2-3-5-15(13)19/h2-10H,1H3. The third-order valence-electron chi connectivity index (χ3n) is 3.31. The Labute approximate surface area is 138 Å². The van der Waals surface area contributed by atoms with Crippen LogP contribution >= 0.6 is 23.2 Å². The first-order valence-corrected chi connectivity index (χ1v) is 7.41. The molecule has 0 radical (unpaired) electrons. The molecule has 0 aliphatic carbocycles. The molecule has 0 unspecified atom stereocenters. The van der Waals surface area contributed by atoms with E-state index in [4.69, 9.17) is 23.2 Å². The lowest BCUT2D eigenvalue weighted by Crippen LogP contribution is -2.07. The van der Waals surface area contributed by atoms with Crippen molar-refractivity contribution in [1.29, 1.82) is 0 Å². The van der Waals surface area contributed by atoms with Gasteiger partial charge in [-0.15, -0.1) is 0 Å². The largest absolute Gasteiger partial charge is 0.305 e. The number of hydrogen-bond acceptors (Lipinski definition) is 2. The SMILES string of the molecule is Cc1cn(-c2ccc(Cl)cc2C(=O)c2ccccc2Cl)cn1. The monoisotopic (exact) mass is 330 g/mol. The van der Waals surface area contributed by atoms with E-state index in [1.807, 2.05) is 13.1 Å². The topological polar surface area (TPSA) is 34.9 Å². The summed E-state index contributed by atoms with van der Waals surface area (Å²) in [6.45, 7) is 1.89. The van der Waals surface area contributed by atoms with Crippen molar-refractivity contribution in [3.63, 3.8) is 0 Å². The van der Waals surface area contributed by atoms with E-state index >= 15 is 0 Å². The number of carbonyl (C=O) groups excluding carboxylic acids is 1.